The van der Waals surface area contributed by atoms with Gasteiger partial charge in [0.25, 0.3) is 10.0 Å². The van der Waals surface area contributed by atoms with Crippen LogP contribution in [0.15, 0.2) is 71.6 Å². The highest BCUT2D eigenvalue weighted by Gasteiger charge is 2.34. The van der Waals surface area contributed by atoms with E-state index in [1.54, 1.807) is 56.3 Å². The average molecular weight is 639 g/mol. The number of carbonyl (C=O) groups excluding carboxylic acids is 2. The number of hydrogen-bond acceptors (Lipinski definition) is 4. The lowest BCUT2D eigenvalue weighted by molar-refractivity contribution is -0.140. The predicted molar refractivity (Wildman–Crippen MR) is 166 cm³/mol. The maximum Gasteiger partial charge on any atom is 0.264 e. The number of halogens is 3. The number of rotatable bonds is 12. The minimum absolute atomic E-state index is 0.0213. The number of hydrogen-bond donors (Lipinski definition) is 1. The number of nitrogens with one attached hydrogen (secondary N) is 1. The van der Waals surface area contributed by atoms with Crippen LogP contribution in [0.3, 0.4) is 0 Å². The zero-order valence-corrected chi connectivity index (χ0v) is 26.5. The smallest absolute Gasteiger partial charge is 0.264 e. The molecule has 2 amide bonds. The average Bonchev–Trinajstić information content (AvgIpc) is 2.92. The van der Waals surface area contributed by atoms with Crippen molar-refractivity contribution < 1.29 is 18.0 Å². The number of sulfonamides is 1. The van der Waals surface area contributed by atoms with Gasteiger partial charge in [0, 0.05) is 28.2 Å². The van der Waals surface area contributed by atoms with Crippen LogP contribution in [0.4, 0.5) is 5.69 Å². The predicted octanol–water partition coefficient (Wildman–Crippen LogP) is 6.73. The topological polar surface area (TPSA) is 86.8 Å². The molecule has 3 aromatic carbocycles. The van der Waals surface area contributed by atoms with E-state index in [1.165, 1.54) is 29.2 Å². The SMILES string of the molecule is CC[C@@H](C(=O)NCC(C)C)N(Cc1ccc(Cl)cc1Cl)C(=O)CN(c1ccccc1C)S(=O)(=O)c1ccc(Cl)cc1. The summed E-state index contributed by atoms with van der Waals surface area (Å²) in [7, 11) is -4.20. The van der Waals surface area contributed by atoms with Crippen LogP contribution in [0.5, 0.6) is 0 Å². The number of nitrogens with zero attached hydrogens (tertiary/aromatic N) is 2. The quantitative estimate of drug-likeness (QED) is 0.238. The number of carbonyl (C=O) groups is 2. The Balaban J connectivity index is 2.08. The lowest BCUT2D eigenvalue weighted by atomic mass is 10.1. The van der Waals surface area contributed by atoms with Gasteiger partial charge in [-0.1, -0.05) is 79.8 Å². The summed E-state index contributed by atoms with van der Waals surface area (Å²) < 4.78 is 29.0. The monoisotopic (exact) mass is 637 g/mol. The van der Waals surface area contributed by atoms with Crippen LogP contribution in [0.25, 0.3) is 0 Å². The molecular formula is C30H34Cl3N3O4S. The van der Waals surface area contributed by atoms with Gasteiger partial charge in [-0.25, -0.2) is 8.42 Å². The zero-order chi connectivity index (χ0) is 30.3. The molecule has 0 fully saturated rings. The van der Waals surface area contributed by atoms with Crippen molar-refractivity contribution in [2.75, 3.05) is 17.4 Å². The van der Waals surface area contributed by atoms with E-state index in [-0.39, 0.29) is 23.3 Å². The van der Waals surface area contributed by atoms with Gasteiger partial charge in [0.2, 0.25) is 11.8 Å². The molecule has 0 heterocycles. The van der Waals surface area contributed by atoms with Crippen molar-refractivity contribution >= 4 is 62.3 Å². The van der Waals surface area contributed by atoms with E-state index in [0.717, 1.165) is 4.31 Å². The van der Waals surface area contributed by atoms with Gasteiger partial charge < -0.3 is 10.2 Å². The van der Waals surface area contributed by atoms with E-state index in [9.17, 15) is 18.0 Å². The van der Waals surface area contributed by atoms with Crippen LogP contribution in [0.1, 0.15) is 38.3 Å². The van der Waals surface area contributed by atoms with Crippen molar-refractivity contribution in [1.82, 2.24) is 10.2 Å². The van der Waals surface area contributed by atoms with Crippen LogP contribution in [0, 0.1) is 12.8 Å². The van der Waals surface area contributed by atoms with E-state index in [4.69, 9.17) is 34.8 Å². The molecule has 0 aliphatic carbocycles. The van der Waals surface area contributed by atoms with Crippen molar-refractivity contribution in [2.45, 2.75) is 51.6 Å². The first-order chi connectivity index (χ1) is 19.3. The third-order valence-corrected chi connectivity index (χ3v) is 9.10. The van der Waals surface area contributed by atoms with Crippen LogP contribution < -0.4 is 9.62 Å². The lowest BCUT2D eigenvalue weighted by Crippen LogP contribution is -2.52. The summed E-state index contributed by atoms with van der Waals surface area (Å²) >= 11 is 18.6. The molecular weight excluding hydrogens is 605 g/mol. The van der Waals surface area contributed by atoms with Crippen LogP contribution in [0.2, 0.25) is 15.1 Å². The highest BCUT2D eigenvalue weighted by atomic mass is 35.5. The van der Waals surface area contributed by atoms with Gasteiger partial charge in [-0.2, -0.15) is 0 Å². The molecule has 0 aromatic heterocycles. The summed E-state index contributed by atoms with van der Waals surface area (Å²) in [5.41, 5.74) is 1.58. The molecule has 0 saturated heterocycles. The molecule has 0 unspecified atom stereocenters. The van der Waals surface area contributed by atoms with Gasteiger partial charge in [-0.3, -0.25) is 13.9 Å². The van der Waals surface area contributed by atoms with Crippen LogP contribution in [-0.4, -0.2) is 44.3 Å². The van der Waals surface area contributed by atoms with Gasteiger partial charge in [0.15, 0.2) is 0 Å². The number of anilines is 1. The molecule has 1 atom stereocenters. The van der Waals surface area contributed by atoms with E-state index >= 15 is 0 Å². The van der Waals surface area contributed by atoms with Crippen molar-refractivity contribution in [3.8, 4) is 0 Å². The van der Waals surface area contributed by atoms with Crippen molar-refractivity contribution in [3.63, 3.8) is 0 Å². The Labute approximate surface area is 257 Å². The van der Waals surface area contributed by atoms with E-state index in [1.807, 2.05) is 13.8 Å². The molecule has 0 spiro atoms. The minimum Gasteiger partial charge on any atom is -0.354 e. The molecule has 0 aliphatic rings. The Hall–Kier alpha value is -2.78. The summed E-state index contributed by atoms with van der Waals surface area (Å²) in [5, 5.41) is 4.04. The third kappa shape index (κ3) is 8.38. The molecule has 0 bridgehead atoms. The number of para-hydroxylation sites is 1. The second kappa shape index (κ2) is 14.4. The molecule has 0 radical (unpaired) electrons. The Morgan fingerprint density at radius 1 is 0.927 bits per heavy atom. The second-order valence-corrected chi connectivity index (χ2v) is 13.2. The largest absolute Gasteiger partial charge is 0.354 e. The summed E-state index contributed by atoms with van der Waals surface area (Å²) in [4.78, 5) is 28.8. The number of benzene rings is 3. The molecule has 3 rings (SSSR count). The lowest BCUT2D eigenvalue weighted by Gasteiger charge is -2.34. The first kappa shape index (κ1) is 32.7. The minimum atomic E-state index is -4.20. The summed E-state index contributed by atoms with van der Waals surface area (Å²) in [6.07, 6.45) is 0.301. The van der Waals surface area contributed by atoms with Gasteiger partial charge in [-0.05, 0) is 72.9 Å². The van der Waals surface area contributed by atoms with Gasteiger partial charge in [0.1, 0.15) is 12.6 Å². The Kier molecular flexibility index (Phi) is 11.5. The maximum atomic E-state index is 14.1. The van der Waals surface area contributed by atoms with E-state index < -0.39 is 28.5 Å². The molecule has 220 valence electrons. The Bertz CT molecular complexity index is 1480. The molecule has 7 nitrogen and oxygen atoms in total. The van der Waals surface area contributed by atoms with Crippen molar-refractivity contribution in [1.29, 1.82) is 0 Å². The van der Waals surface area contributed by atoms with Gasteiger partial charge in [0.05, 0.1) is 10.6 Å². The van der Waals surface area contributed by atoms with Crippen LogP contribution in [-0.2, 0) is 26.2 Å². The van der Waals surface area contributed by atoms with Crippen LogP contribution >= 0.6 is 34.8 Å². The first-order valence-corrected chi connectivity index (χ1v) is 15.8. The Morgan fingerprint density at radius 2 is 1.56 bits per heavy atom. The fourth-order valence-electron chi connectivity index (χ4n) is 4.27. The number of aryl methyl sites for hydroxylation is 1. The zero-order valence-electron chi connectivity index (χ0n) is 23.4. The van der Waals surface area contributed by atoms with Crippen molar-refractivity contribution in [2.24, 2.45) is 5.92 Å². The fraction of sp³-hybridized carbons (Fsp3) is 0.333. The van der Waals surface area contributed by atoms with Gasteiger partial charge in [-0.15, -0.1) is 0 Å². The molecule has 3 aromatic rings. The number of amides is 2. The second-order valence-electron chi connectivity index (χ2n) is 10.1. The third-order valence-electron chi connectivity index (χ3n) is 6.49. The standard InChI is InChI=1S/C30H34Cl3N3O4S/c1-5-27(30(38)34-17-20(2)3)35(18-22-10-11-24(32)16-26(22)33)29(37)19-36(28-9-7-6-8-21(28)4)41(39,40)25-14-12-23(31)13-15-25/h6-16,20,27H,5,17-19H2,1-4H3,(H,34,38)/t27-/m0/s1. The Morgan fingerprint density at radius 3 is 2.15 bits per heavy atom. The molecule has 11 heteroatoms. The first-order valence-electron chi connectivity index (χ1n) is 13.2. The van der Waals surface area contributed by atoms with E-state index in [2.05, 4.69) is 5.32 Å². The summed E-state index contributed by atoms with van der Waals surface area (Å²) in [5.74, 6) is -0.696. The molecule has 1 N–H and O–H groups in total. The maximum absolute atomic E-state index is 14.1. The molecule has 41 heavy (non-hydrogen) atoms. The fourth-order valence-corrected chi connectivity index (χ4v) is 6.34. The summed E-state index contributed by atoms with van der Waals surface area (Å²) in [6.45, 7) is 7.37. The summed E-state index contributed by atoms with van der Waals surface area (Å²) in [6, 6.07) is 16.7. The highest BCUT2D eigenvalue weighted by molar-refractivity contribution is 7.92. The molecule has 0 saturated carbocycles. The van der Waals surface area contributed by atoms with Crippen molar-refractivity contribution in [3.05, 3.63) is 92.9 Å². The normalized spacial score (nSPS) is 12.2. The van der Waals surface area contributed by atoms with Gasteiger partial charge >= 0.3 is 0 Å². The highest BCUT2D eigenvalue weighted by Crippen LogP contribution is 2.29. The van der Waals surface area contributed by atoms with E-state index in [0.29, 0.717) is 44.8 Å². The molecule has 0 aliphatic heterocycles.